The van der Waals surface area contributed by atoms with Gasteiger partial charge in [-0.3, -0.25) is 0 Å². The fourth-order valence-electron chi connectivity index (χ4n) is 0.942. The summed E-state index contributed by atoms with van der Waals surface area (Å²) < 4.78 is 0. The summed E-state index contributed by atoms with van der Waals surface area (Å²) in [4.78, 5) is 10.2. The minimum Gasteiger partial charge on any atom is -0.352 e. The summed E-state index contributed by atoms with van der Waals surface area (Å²) in [6, 6.07) is -0.401. The number of hydrogen-bond acceptors (Lipinski definition) is 1. The molecule has 3 heteroatoms. The Balaban J connectivity index is 1.97. The van der Waals surface area contributed by atoms with Crippen LogP contribution in [0.25, 0.3) is 0 Å². The first-order valence-electron chi connectivity index (χ1n) is 3.32. The van der Waals surface area contributed by atoms with Crippen molar-refractivity contribution in [3.63, 3.8) is 0 Å². The highest BCUT2D eigenvalue weighted by molar-refractivity contribution is 5.71. The largest absolute Gasteiger partial charge is 0.352 e. The smallest absolute Gasteiger partial charge is 0.312 e. The van der Waals surface area contributed by atoms with Crippen molar-refractivity contribution in [2.24, 2.45) is 11.7 Å². The molecule has 0 radical (unpaired) electrons. The number of carbonyl (C=O) groups excluding carboxylic acids is 1. The monoisotopic (exact) mass is 128 g/mol. The molecule has 1 rings (SSSR count). The molecule has 0 aromatic rings. The summed E-state index contributed by atoms with van der Waals surface area (Å²) in [7, 11) is 0. The van der Waals surface area contributed by atoms with E-state index in [1.165, 1.54) is 19.3 Å². The van der Waals surface area contributed by atoms with Gasteiger partial charge in [-0.1, -0.05) is 6.42 Å². The highest BCUT2D eigenvalue weighted by Crippen LogP contribution is 2.24. The summed E-state index contributed by atoms with van der Waals surface area (Å²) >= 11 is 0. The van der Waals surface area contributed by atoms with E-state index in [1.807, 2.05) is 0 Å². The Morgan fingerprint density at radius 2 is 2.33 bits per heavy atom. The SMILES string of the molecule is NC(=O)NCC1CCC1. The molecule has 0 bridgehead atoms. The van der Waals surface area contributed by atoms with E-state index in [-0.39, 0.29) is 0 Å². The molecule has 0 aromatic carbocycles. The predicted molar refractivity (Wildman–Crippen MR) is 34.9 cm³/mol. The Labute approximate surface area is 54.6 Å². The maximum atomic E-state index is 10.2. The fourth-order valence-corrected chi connectivity index (χ4v) is 0.942. The number of nitrogens with one attached hydrogen (secondary N) is 1. The number of urea groups is 1. The van der Waals surface area contributed by atoms with Crippen molar-refractivity contribution in [3.05, 3.63) is 0 Å². The zero-order valence-electron chi connectivity index (χ0n) is 5.39. The van der Waals surface area contributed by atoms with Crippen molar-refractivity contribution in [1.82, 2.24) is 5.32 Å². The highest BCUT2D eigenvalue weighted by atomic mass is 16.2. The molecule has 3 N–H and O–H groups in total. The number of hydrogen-bond donors (Lipinski definition) is 2. The normalized spacial score (nSPS) is 18.7. The maximum Gasteiger partial charge on any atom is 0.312 e. The van der Waals surface area contributed by atoms with Gasteiger partial charge in [0.05, 0.1) is 0 Å². The topological polar surface area (TPSA) is 55.1 Å². The molecule has 0 atom stereocenters. The van der Waals surface area contributed by atoms with E-state index in [1.54, 1.807) is 0 Å². The summed E-state index contributed by atoms with van der Waals surface area (Å²) in [6.07, 6.45) is 3.81. The van der Waals surface area contributed by atoms with E-state index in [2.05, 4.69) is 5.32 Å². The van der Waals surface area contributed by atoms with Gasteiger partial charge in [0.1, 0.15) is 0 Å². The third-order valence-electron chi connectivity index (χ3n) is 1.79. The number of primary amides is 1. The molecule has 0 heterocycles. The Hall–Kier alpha value is -0.730. The van der Waals surface area contributed by atoms with Gasteiger partial charge in [-0.15, -0.1) is 0 Å². The van der Waals surface area contributed by atoms with Crippen LogP contribution in [0, 0.1) is 5.92 Å². The third kappa shape index (κ3) is 1.91. The molecule has 0 aliphatic heterocycles. The molecule has 0 unspecified atom stereocenters. The minimum absolute atomic E-state index is 0.401. The quantitative estimate of drug-likeness (QED) is 0.557. The van der Waals surface area contributed by atoms with Crippen molar-refractivity contribution in [3.8, 4) is 0 Å². The average Bonchev–Trinajstić information content (AvgIpc) is 1.60. The lowest BCUT2D eigenvalue weighted by Crippen LogP contribution is -2.35. The number of nitrogens with two attached hydrogens (primary N) is 1. The van der Waals surface area contributed by atoms with E-state index in [4.69, 9.17) is 5.73 Å². The molecule has 52 valence electrons. The molecule has 1 aliphatic rings. The van der Waals surface area contributed by atoms with Crippen LogP contribution in [-0.2, 0) is 0 Å². The van der Waals surface area contributed by atoms with Crippen LogP contribution in [0.15, 0.2) is 0 Å². The minimum atomic E-state index is -0.401. The Kier molecular flexibility index (Phi) is 1.92. The summed E-state index contributed by atoms with van der Waals surface area (Å²) in [6.45, 7) is 0.773. The van der Waals surface area contributed by atoms with E-state index < -0.39 is 6.03 Å². The van der Waals surface area contributed by atoms with Crippen LogP contribution in [0.2, 0.25) is 0 Å². The van der Waals surface area contributed by atoms with Crippen LogP contribution in [0.1, 0.15) is 19.3 Å². The van der Waals surface area contributed by atoms with Crippen molar-refractivity contribution < 1.29 is 4.79 Å². The van der Waals surface area contributed by atoms with E-state index in [9.17, 15) is 4.79 Å². The first-order valence-corrected chi connectivity index (χ1v) is 3.32. The van der Waals surface area contributed by atoms with Crippen molar-refractivity contribution in [2.75, 3.05) is 6.54 Å². The first kappa shape index (κ1) is 6.39. The lowest BCUT2D eigenvalue weighted by molar-refractivity contribution is 0.240. The molecule has 0 saturated heterocycles. The van der Waals surface area contributed by atoms with Crippen LogP contribution >= 0.6 is 0 Å². The first-order chi connectivity index (χ1) is 4.29. The van der Waals surface area contributed by atoms with Crippen molar-refractivity contribution in [1.29, 1.82) is 0 Å². The van der Waals surface area contributed by atoms with Crippen LogP contribution in [0.3, 0.4) is 0 Å². The Morgan fingerprint density at radius 3 is 2.67 bits per heavy atom. The fraction of sp³-hybridized carbons (Fsp3) is 0.833. The van der Waals surface area contributed by atoms with E-state index in [0.717, 1.165) is 6.54 Å². The van der Waals surface area contributed by atoms with Gasteiger partial charge < -0.3 is 11.1 Å². The molecule has 3 nitrogen and oxygen atoms in total. The molecular formula is C6H12N2O. The highest BCUT2D eigenvalue weighted by Gasteiger charge is 2.16. The van der Waals surface area contributed by atoms with Gasteiger partial charge in [0.15, 0.2) is 0 Å². The van der Waals surface area contributed by atoms with Crippen LogP contribution < -0.4 is 11.1 Å². The van der Waals surface area contributed by atoms with Gasteiger partial charge in [-0.2, -0.15) is 0 Å². The molecule has 1 aliphatic carbocycles. The molecule has 0 spiro atoms. The standard InChI is InChI=1S/C6H12N2O/c7-6(9)8-4-5-2-1-3-5/h5H,1-4H2,(H3,7,8,9). The van der Waals surface area contributed by atoms with Crippen molar-refractivity contribution in [2.45, 2.75) is 19.3 Å². The van der Waals surface area contributed by atoms with Gasteiger partial charge in [0, 0.05) is 6.54 Å². The van der Waals surface area contributed by atoms with Gasteiger partial charge in [0.25, 0.3) is 0 Å². The van der Waals surface area contributed by atoms with Crippen LogP contribution in [0.4, 0.5) is 4.79 Å². The molecule has 2 amide bonds. The lowest BCUT2D eigenvalue weighted by atomic mass is 9.85. The van der Waals surface area contributed by atoms with Crippen molar-refractivity contribution >= 4 is 6.03 Å². The van der Waals surface area contributed by atoms with Gasteiger partial charge in [-0.05, 0) is 18.8 Å². The zero-order chi connectivity index (χ0) is 6.69. The van der Waals surface area contributed by atoms with Crippen LogP contribution in [-0.4, -0.2) is 12.6 Å². The summed E-state index contributed by atoms with van der Waals surface area (Å²) in [5, 5.41) is 2.59. The maximum absolute atomic E-state index is 10.2. The second-order valence-corrected chi connectivity index (χ2v) is 2.54. The average molecular weight is 128 g/mol. The lowest BCUT2D eigenvalue weighted by Gasteiger charge is -2.24. The predicted octanol–water partition coefficient (Wildman–Crippen LogP) is 0.455. The third-order valence-corrected chi connectivity index (χ3v) is 1.79. The Bertz CT molecular complexity index is 110. The van der Waals surface area contributed by atoms with E-state index in [0.29, 0.717) is 5.92 Å². The van der Waals surface area contributed by atoms with E-state index >= 15 is 0 Å². The second-order valence-electron chi connectivity index (χ2n) is 2.54. The zero-order valence-corrected chi connectivity index (χ0v) is 5.39. The Morgan fingerprint density at radius 1 is 1.67 bits per heavy atom. The second kappa shape index (κ2) is 2.71. The van der Waals surface area contributed by atoms with Gasteiger partial charge in [0.2, 0.25) is 0 Å². The van der Waals surface area contributed by atoms with Gasteiger partial charge >= 0.3 is 6.03 Å². The summed E-state index contributed by atoms with van der Waals surface area (Å²) in [5.74, 6) is 0.706. The molecule has 1 saturated carbocycles. The summed E-state index contributed by atoms with van der Waals surface area (Å²) in [5.41, 5.74) is 4.87. The molecule has 1 fully saturated rings. The molecule has 0 aromatic heterocycles. The number of amides is 2. The molecular weight excluding hydrogens is 116 g/mol. The van der Waals surface area contributed by atoms with Gasteiger partial charge in [-0.25, -0.2) is 4.79 Å². The van der Waals surface area contributed by atoms with Crippen LogP contribution in [0.5, 0.6) is 0 Å². The molecule has 9 heavy (non-hydrogen) atoms. The number of carbonyl (C=O) groups is 1. The number of rotatable bonds is 2.